The Labute approximate surface area is 75.9 Å². The molecule has 0 aromatic carbocycles. The summed E-state index contributed by atoms with van der Waals surface area (Å²) in [4.78, 5) is 0. The normalized spacial score (nSPS) is 48.0. The molecule has 1 saturated carbocycles. The summed E-state index contributed by atoms with van der Waals surface area (Å²) in [6.45, 7) is 2.30. The summed E-state index contributed by atoms with van der Waals surface area (Å²) in [5.41, 5.74) is -0.883. The van der Waals surface area contributed by atoms with Crippen LogP contribution in [0.25, 0.3) is 0 Å². The quantitative estimate of drug-likeness (QED) is 0.717. The Hall–Kier alpha value is -0.220. The summed E-state index contributed by atoms with van der Waals surface area (Å²) < 4.78 is 30.7. The van der Waals surface area contributed by atoms with Gasteiger partial charge in [0.2, 0.25) is 0 Å². The van der Waals surface area contributed by atoms with Gasteiger partial charge in [-0.15, -0.1) is 0 Å². The average molecular weight is 192 g/mol. The van der Waals surface area contributed by atoms with E-state index in [1.807, 2.05) is 0 Å². The van der Waals surface area contributed by atoms with Gasteiger partial charge in [0.05, 0.1) is 19.3 Å². The molecule has 0 aromatic heterocycles. The molecule has 0 spiro atoms. The molecule has 0 amide bonds. The molecule has 13 heavy (non-hydrogen) atoms. The molecule has 1 heterocycles. The van der Waals surface area contributed by atoms with Crippen LogP contribution in [0.15, 0.2) is 0 Å². The van der Waals surface area contributed by atoms with E-state index in [0.29, 0.717) is 19.6 Å². The third-order valence-electron chi connectivity index (χ3n) is 3.25. The molecular weight excluding hydrogens is 178 g/mol. The molecule has 0 radical (unpaired) electrons. The maximum atomic E-state index is 12.8. The lowest BCUT2D eigenvalue weighted by Crippen LogP contribution is -2.22. The minimum absolute atomic E-state index is 0.0385. The summed E-state index contributed by atoms with van der Waals surface area (Å²) >= 11 is 0. The maximum absolute atomic E-state index is 12.8. The summed E-state index contributed by atoms with van der Waals surface area (Å²) in [6, 6.07) is 0. The summed E-state index contributed by atoms with van der Waals surface area (Å²) in [5.74, 6) is -2.62. The summed E-state index contributed by atoms with van der Waals surface area (Å²) in [5, 5.41) is 9.38. The van der Waals surface area contributed by atoms with Crippen LogP contribution in [0.1, 0.15) is 19.8 Å². The van der Waals surface area contributed by atoms with Crippen LogP contribution in [0.3, 0.4) is 0 Å². The van der Waals surface area contributed by atoms with Crippen molar-refractivity contribution in [3.05, 3.63) is 0 Å². The molecule has 2 aliphatic rings. The van der Waals surface area contributed by atoms with Crippen molar-refractivity contribution in [3.8, 4) is 0 Å². The van der Waals surface area contributed by atoms with Crippen LogP contribution in [-0.4, -0.2) is 30.3 Å². The van der Waals surface area contributed by atoms with Crippen molar-refractivity contribution < 1.29 is 18.6 Å². The van der Waals surface area contributed by atoms with E-state index in [9.17, 15) is 13.9 Å². The van der Waals surface area contributed by atoms with Gasteiger partial charge in [0.25, 0.3) is 5.92 Å². The van der Waals surface area contributed by atoms with E-state index >= 15 is 0 Å². The van der Waals surface area contributed by atoms with Crippen LogP contribution in [0.2, 0.25) is 0 Å². The van der Waals surface area contributed by atoms with E-state index in [1.165, 1.54) is 0 Å². The highest BCUT2D eigenvalue weighted by molar-refractivity contribution is 5.08. The molecule has 1 aliphatic heterocycles. The Kier molecular flexibility index (Phi) is 1.90. The summed E-state index contributed by atoms with van der Waals surface area (Å²) in [7, 11) is 0. The monoisotopic (exact) mass is 192 g/mol. The first-order valence-electron chi connectivity index (χ1n) is 4.58. The molecule has 1 aliphatic carbocycles. The fourth-order valence-electron chi connectivity index (χ4n) is 2.03. The third kappa shape index (κ3) is 1.46. The van der Waals surface area contributed by atoms with E-state index in [2.05, 4.69) is 0 Å². The van der Waals surface area contributed by atoms with Gasteiger partial charge in [-0.05, 0) is 6.42 Å². The van der Waals surface area contributed by atoms with Crippen molar-refractivity contribution in [1.29, 1.82) is 0 Å². The van der Waals surface area contributed by atoms with Gasteiger partial charge in [0, 0.05) is 17.8 Å². The van der Waals surface area contributed by atoms with Crippen molar-refractivity contribution in [1.82, 2.24) is 0 Å². The lowest BCUT2D eigenvalue weighted by atomic mass is 9.91. The lowest BCUT2D eigenvalue weighted by molar-refractivity contribution is 0.0490. The molecule has 2 rings (SSSR count). The van der Waals surface area contributed by atoms with E-state index in [-0.39, 0.29) is 12.3 Å². The predicted octanol–water partition coefficient (Wildman–Crippen LogP) is 1.43. The van der Waals surface area contributed by atoms with Crippen LogP contribution in [0.5, 0.6) is 0 Å². The Balaban J connectivity index is 1.92. The van der Waals surface area contributed by atoms with Crippen molar-refractivity contribution in [2.75, 3.05) is 13.2 Å². The molecule has 76 valence electrons. The Morgan fingerprint density at radius 3 is 2.46 bits per heavy atom. The number of alkyl halides is 2. The Morgan fingerprint density at radius 1 is 1.46 bits per heavy atom. The van der Waals surface area contributed by atoms with Gasteiger partial charge in [-0.2, -0.15) is 0 Å². The molecule has 1 saturated heterocycles. The number of hydrogen-bond donors (Lipinski definition) is 1. The number of halogens is 2. The van der Waals surface area contributed by atoms with Gasteiger partial charge >= 0.3 is 0 Å². The van der Waals surface area contributed by atoms with Crippen LogP contribution < -0.4 is 0 Å². The first-order valence-corrected chi connectivity index (χ1v) is 4.58. The SMILES string of the molecule is CC1(CC2COCC2O)CC1(F)F. The van der Waals surface area contributed by atoms with Gasteiger partial charge in [0.1, 0.15) is 0 Å². The maximum Gasteiger partial charge on any atom is 0.254 e. The molecule has 2 fully saturated rings. The highest BCUT2D eigenvalue weighted by atomic mass is 19.3. The average Bonchev–Trinajstić information content (AvgIpc) is 2.37. The second kappa shape index (κ2) is 2.64. The second-order valence-electron chi connectivity index (χ2n) is 4.51. The van der Waals surface area contributed by atoms with E-state index in [1.54, 1.807) is 6.92 Å². The lowest BCUT2D eigenvalue weighted by Gasteiger charge is -2.17. The highest BCUT2D eigenvalue weighted by Crippen LogP contribution is 2.63. The molecular formula is C9H14F2O2. The number of hydrogen-bond acceptors (Lipinski definition) is 2. The molecule has 0 bridgehead atoms. The highest BCUT2D eigenvalue weighted by Gasteiger charge is 2.68. The number of aliphatic hydroxyl groups is 1. The van der Waals surface area contributed by atoms with Crippen molar-refractivity contribution in [2.45, 2.75) is 31.8 Å². The van der Waals surface area contributed by atoms with Crippen molar-refractivity contribution >= 4 is 0 Å². The number of aliphatic hydroxyl groups excluding tert-OH is 1. The zero-order chi connectivity index (χ0) is 9.69. The second-order valence-corrected chi connectivity index (χ2v) is 4.51. The molecule has 3 unspecified atom stereocenters. The third-order valence-corrected chi connectivity index (χ3v) is 3.25. The number of ether oxygens (including phenoxy) is 1. The Morgan fingerprint density at radius 2 is 2.08 bits per heavy atom. The number of rotatable bonds is 2. The minimum Gasteiger partial charge on any atom is -0.390 e. The van der Waals surface area contributed by atoms with Crippen LogP contribution in [-0.2, 0) is 4.74 Å². The molecule has 2 nitrogen and oxygen atoms in total. The predicted molar refractivity (Wildman–Crippen MR) is 42.6 cm³/mol. The van der Waals surface area contributed by atoms with Gasteiger partial charge in [-0.25, -0.2) is 8.78 Å². The molecule has 3 atom stereocenters. The first-order chi connectivity index (χ1) is 5.95. The topological polar surface area (TPSA) is 29.5 Å². The van der Waals surface area contributed by atoms with Crippen LogP contribution >= 0.6 is 0 Å². The zero-order valence-corrected chi connectivity index (χ0v) is 7.59. The Bertz CT molecular complexity index is 220. The molecule has 0 aromatic rings. The van der Waals surface area contributed by atoms with E-state index in [4.69, 9.17) is 4.74 Å². The summed E-state index contributed by atoms with van der Waals surface area (Å²) in [6.07, 6.45) is -0.210. The largest absolute Gasteiger partial charge is 0.390 e. The smallest absolute Gasteiger partial charge is 0.254 e. The fourth-order valence-corrected chi connectivity index (χ4v) is 2.03. The van der Waals surface area contributed by atoms with Gasteiger partial charge < -0.3 is 9.84 Å². The van der Waals surface area contributed by atoms with Gasteiger partial charge in [-0.3, -0.25) is 0 Å². The van der Waals surface area contributed by atoms with Crippen molar-refractivity contribution in [3.63, 3.8) is 0 Å². The standard InChI is InChI=1S/C9H14F2O2/c1-8(5-9(8,10)11)2-6-3-13-4-7(6)12/h6-7,12H,2-5H2,1H3. The first kappa shape index (κ1) is 9.34. The van der Waals surface area contributed by atoms with Crippen molar-refractivity contribution in [2.24, 2.45) is 11.3 Å². The van der Waals surface area contributed by atoms with E-state index < -0.39 is 17.4 Å². The fraction of sp³-hybridized carbons (Fsp3) is 1.00. The van der Waals surface area contributed by atoms with Crippen LogP contribution in [0, 0.1) is 11.3 Å². The van der Waals surface area contributed by atoms with E-state index in [0.717, 1.165) is 0 Å². The molecule has 1 N–H and O–H groups in total. The van der Waals surface area contributed by atoms with Gasteiger partial charge in [0.15, 0.2) is 0 Å². The van der Waals surface area contributed by atoms with Gasteiger partial charge in [-0.1, -0.05) is 6.92 Å². The zero-order valence-electron chi connectivity index (χ0n) is 7.59. The van der Waals surface area contributed by atoms with Crippen LogP contribution in [0.4, 0.5) is 8.78 Å². The minimum atomic E-state index is -2.52. The molecule has 4 heteroatoms.